The molecule has 0 rings (SSSR count). The van der Waals surface area contributed by atoms with Gasteiger partial charge in [-0.05, 0) is 43.4 Å². The van der Waals surface area contributed by atoms with Crippen molar-refractivity contribution < 1.29 is 44.1 Å². The van der Waals surface area contributed by atoms with Crippen LogP contribution in [0.1, 0.15) is 94.9 Å². The molecular formula is C31H57N5O9. The van der Waals surface area contributed by atoms with Gasteiger partial charge in [0.15, 0.2) is 0 Å². The van der Waals surface area contributed by atoms with Crippen LogP contribution in [0.4, 0.5) is 0 Å². The fourth-order valence-electron chi connectivity index (χ4n) is 4.77. The fraction of sp³-hybridized carbons (Fsp3) is 0.806. The molecule has 14 heteroatoms. The summed E-state index contributed by atoms with van der Waals surface area (Å²) in [5.74, 6) is -4.48. The molecule has 0 saturated carbocycles. The maximum atomic E-state index is 13.3. The summed E-state index contributed by atoms with van der Waals surface area (Å²) in [6, 6.07) is -4.59. The average molecular weight is 644 g/mol. The van der Waals surface area contributed by atoms with Crippen molar-refractivity contribution >= 4 is 35.5 Å². The first-order valence-corrected chi connectivity index (χ1v) is 15.7. The van der Waals surface area contributed by atoms with Gasteiger partial charge in [-0.15, -0.1) is 0 Å². The van der Waals surface area contributed by atoms with E-state index in [0.29, 0.717) is 12.8 Å². The molecule has 45 heavy (non-hydrogen) atoms. The SMILES string of the molecule is CC(=O)N[C@H](C(=O)N[C@@H](C(=O)N[C@H](CC(C)C)[C@@H](O)CC(=O)N[C@H](C)C(=O)N[C@@H](CC(C)C)[C@H](O)CC(=O)O)C(C)C)C(C)C. The largest absolute Gasteiger partial charge is 0.481 e. The number of carbonyl (C=O) groups excluding carboxylic acids is 5. The Morgan fingerprint density at radius 2 is 0.956 bits per heavy atom. The number of carbonyl (C=O) groups is 6. The molecule has 7 atom stereocenters. The van der Waals surface area contributed by atoms with Gasteiger partial charge >= 0.3 is 5.97 Å². The highest BCUT2D eigenvalue weighted by Gasteiger charge is 2.33. The fourth-order valence-corrected chi connectivity index (χ4v) is 4.77. The number of amides is 5. The first-order chi connectivity index (χ1) is 20.7. The number of nitrogens with one attached hydrogen (secondary N) is 5. The number of aliphatic hydroxyl groups excluding tert-OH is 2. The maximum Gasteiger partial charge on any atom is 0.306 e. The van der Waals surface area contributed by atoms with E-state index in [1.54, 1.807) is 27.7 Å². The monoisotopic (exact) mass is 643 g/mol. The summed E-state index contributed by atoms with van der Waals surface area (Å²) in [5, 5.41) is 43.5. The highest BCUT2D eigenvalue weighted by molar-refractivity contribution is 5.92. The summed E-state index contributed by atoms with van der Waals surface area (Å²) in [5.41, 5.74) is 0. The van der Waals surface area contributed by atoms with Crippen molar-refractivity contribution in [2.45, 2.75) is 137 Å². The predicted molar refractivity (Wildman–Crippen MR) is 168 cm³/mol. The number of hydrogen-bond donors (Lipinski definition) is 8. The molecule has 5 amide bonds. The second-order valence-electron chi connectivity index (χ2n) is 13.4. The number of rotatable bonds is 20. The van der Waals surface area contributed by atoms with Crippen molar-refractivity contribution in [2.75, 3.05) is 0 Å². The Morgan fingerprint density at radius 3 is 1.36 bits per heavy atom. The third-order valence-electron chi connectivity index (χ3n) is 7.14. The van der Waals surface area contributed by atoms with Gasteiger partial charge in [0.25, 0.3) is 0 Å². The minimum absolute atomic E-state index is 0.0185. The second kappa shape index (κ2) is 20.0. The smallest absolute Gasteiger partial charge is 0.306 e. The van der Waals surface area contributed by atoms with Crippen LogP contribution in [0.25, 0.3) is 0 Å². The molecule has 8 N–H and O–H groups in total. The lowest BCUT2D eigenvalue weighted by atomic mass is 9.95. The lowest BCUT2D eigenvalue weighted by Gasteiger charge is -2.31. The minimum Gasteiger partial charge on any atom is -0.481 e. The molecular weight excluding hydrogens is 586 g/mol. The number of carboxylic acids is 1. The first-order valence-electron chi connectivity index (χ1n) is 15.7. The van der Waals surface area contributed by atoms with E-state index in [1.165, 1.54) is 13.8 Å². The van der Waals surface area contributed by atoms with Crippen LogP contribution in [-0.2, 0) is 28.8 Å². The van der Waals surface area contributed by atoms with Gasteiger partial charge < -0.3 is 41.9 Å². The van der Waals surface area contributed by atoms with E-state index >= 15 is 0 Å². The van der Waals surface area contributed by atoms with Gasteiger partial charge in [0, 0.05) is 6.92 Å². The van der Waals surface area contributed by atoms with Gasteiger partial charge in [0.05, 0.1) is 37.1 Å². The predicted octanol–water partition coefficient (Wildman–Crippen LogP) is 0.441. The van der Waals surface area contributed by atoms with Crippen LogP contribution in [0.3, 0.4) is 0 Å². The number of aliphatic hydroxyl groups is 2. The van der Waals surface area contributed by atoms with Crippen molar-refractivity contribution in [3.63, 3.8) is 0 Å². The topological polar surface area (TPSA) is 223 Å². The molecule has 0 fully saturated rings. The quantitative estimate of drug-likeness (QED) is 0.0920. The van der Waals surface area contributed by atoms with Crippen molar-refractivity contribution in [1.82, 2.24) is 26.6 Å². The van der Waals surface area contributed by atoms with Crippen molar-refractivity contribution in [3.05, 3.63) is 0 Å². The normalized spacial score (nSPS) is 16.3. The van der Waals surface area contributed by atoms with Gasteiger partial charge in [-0.25, -0.2) is 0 Å². The Hall–Kier alpha value is -3.26. The zero-order valence-corrected chi connectivity index (χ0v) is 28.5. The summed E-state index contributed by atoms with van der Waals surface area (Å²) < 4.78 is 0. The van der Waals surface area contributed by atoms with E-state index in [9.17, 15) is 39.0 Å². The maximum absolute atomic E-state index is 13.3. The summed E-state index contributed by atoms with van der Waals surface area (Å²) in [6.07, 6.45) is -3.01. The lowest BCUT2D eigenvalue weighted by molar-refractivity contribution is -0.140. The highest BCUT2D eigenvalue weighted by atomic mass is 16.4. The van der Waals surface area contributed by atoms with Crippen LogP contribution in [-0.4, -0.2) is 93.2 Å². The van der Waals surface area contributed by atoms with Gasteiger partial charge in [0.2, 0.25) is 29.5 Å². The van der Waals surface area contributed by atoms with Gasteiger partial charge in [-0.1, -0.05) is 55.4 Å². The molecule has 0 aliphatic heterocycles. The molecule has 0 radical (unpaired) electrons. The van der Waals surface area contributed by atoms with Crippen molar-refractivity contribution in [2.24, 2.45) is 23.7 Å². The second-order valence-corrected chi connectivity index (χ2v) is 13.4. The third kappa shape index (κ3) is 16.6. The number of aliphatic carboxylic acids is 1. The zero-order valence-electron chi connectivity index (χ0n) is 28.5. The minimum atomic E-state index is -1.33. The van der Waals surface area contributed by atoms with Crippen LogP contribution in [0, 0.1) is 23.7 Å². The van der Waals surface area contributed by atoms with E-state index < -0.39 is 84.9 Å². The molecule has 0 aromatic rings. The van der Waals surface area contributed by atoms with Gasteiger partial charge in [-0.3, -0.25) is 28.8 Å². The number of hydrogen-bond acceptors (Lipinski definition) is 8. The van der Waals surface area contributed by atoms with E-state index in [4.69, 9.17) is 5.11 Å². The molecule has 0 aromatic heterocycles. The molecule has 0 heterocycles. The Bertz CT molecular complexity index is 1000. The average Bonchev–Trinajstić information content (AvgIpc) is 2.87. The van der Waals surface area contributed by atoms with Crippen molar-refractivity contribution in [3.8, 4) is 0 Å². The molecule has 0 aromatic carbocycles. The van der Waals surface area contributed by atoms with Gasteiger partial charge in [0.1, 0.15) is 18.1 Å². The molecule has 260 valence electrons. The first kappa shape index (κ1) is 41.7. The van der Waals surface area contributed by atoms with Crippen LogP contribution < -0.4 is 26.6 Å². The molecule has 0 spiro atoms. The van der Waals surface area contributed by atoms with Gasteiger partial charge in [-0.2, -0.15) is 0 Å². The summed E-state index contributed by atoms with van der Waals surface area (Å²) in [6.45, 7) is 17.2. The summed E-state index contributed by atoms with van der Waals surface area (Å²) >= 11 is 0. The molecule has 0 saturated heterocycles. The van der Waals surface area contributed by atoms with E-state index in [1.807, 2.05) is 27.7 Å². The van der Waals surface area contributed by atoms with E-state index in [0.717, 1.165) is 0 Å². The number of carboxylic acid groups (broad SMARTS) is 1. The Morgan fingerprint density at radius 1 is 0.556 bits per heavy atom. The standard InChI is InChI=1S/C31H57N5O9/c1-15(2)11-21(35-30(44)28(18(7)8)36-31(45)27(17(5)6)33-20(10)37)23(38)13-25(40)32-19(9)29(43)34-22(12-16(3)4)24(39)14-26(41)42/h15-19,21-24,27-28,38-39H,11-14H2,1-10H3,(H,32,40)(H,33,37)(H,34,43)(H,35,44)(H,36,45)(H,41,42)/t19-,21-,22+,23+,24-,27+,28-/m1/s1. The molecule has 14 nitrogen and oxygen atoms in total. The van der Waals surface area contributed by atoms with Crippen LogP contribution in [0.2, 0.25) is 0 Å². The van der Waals surface area contributed by atoms with Crippen LogP contribution >= 0.6 is 0 Å². The molecule has 0 bridgehead atoms. The highest BCUT2D eigenvalue weighted by Crippen LogP contribution is 2.14. The molecule has 0 aliphatic carbocycles. The van der Waals surface area contributed by atoms with E-state index in [-0.39, 0.29) is 29.6 Å². The van der Waals surface area contributed by atoms with Crippen molar-refractivity contribution in [1.29, 1.82) is 0 Å². The van der Waals surface area contributed by atoms with Crippen LogP contribution in [0.5, 0.6) is 0 Å². The Kier molecular flexibility index (Phi) is 18.5. The lowest BCUT2D eigenvalue weighted by Crippen LogP contribution is -2.59. The Balaban J connectivity index is 5.54. The van der Waals surface area contributed by atoms with Crippen LogP contribution in [0.15, 0.2) is 0 Å². The van der Waals surface area contributed by atoms with E-state index in [2.05, 4.69) is 26.6 Å². The third-order valence-corrected chi connectivity index (χ3v) is 7.14. The summed E-state index contributed by atoms with van der Waals surface area (Å²) in [4.78, 5) is 74.6. The Labute approximate surface area is 267 Å². The summed E-state index contributed by atoms with van der Waals surface area (Å²) in [7, 11) is 0. The zero-order chi connectivity index (χ0) is 35.2. The molecule has 0 aliphatic rings. The molecule has 0 unspecified atom stereocenters.